The van der Waals surface area contributed by atoms with Crippen LogP contribution in [0.15, 0.2) is 41.2 Å². The number of rotatable bonds is 0. The molecule has 2 aromatic carbocycles. The molecule has 0 spiro atoms. The van der Waals surface area contributed by atoms with Gasteiger partial charge in [-0.3, -0.25) is 4.79 Å². The second kappa shape index (κ2) is 7.35. The second-order valence-corrected chi connectivity index (χ2v) is 6.14. The molecule has 1 aromatic heterocycles. The first kappa shape index (κ1) is 16.9. The van der Waals surface area contributed by atoms with E-state index in [-0.39, 0.29) is 5.43 Å². The second-order valence-electron chi connectivity index (χ2n) is 6.14. The van der Waals surface area contributed by atoms with Crippen LogP contribution in [0.4, 0.5) is 0 Å². The van der Waals surface area contributed by atoms with Crippen LogP contribution in [-0.2, 0) is 16.5 Å². The molecule has 4 rings (SSSR count). The number of nitrogens with zero attached hydrogens (tertiary/aromatic N) is 1. The van der Waals surface area contributed by atoms with Crippen molar-refractivity contribution in [3.63, 3.8) is 0 Å². The third kappa shape index (κ3) is 3.13. The summed E-state index contributed by atoms with van der Waals surface area (Å²) >= 11 is 0. The Morgan fingerprint density at radius 1 is 0.769 bits per heavy atom. The van der Waals surface area contributed by atoms with E-state index in [0.29, 0.717) is 61.9 Å². The molecule has 2 heterocycles. The minimum absolute atomic E-state index is 0.00852. The Hall–Kier alpha value is -2.57. The molecular formula is C20H21NO5. The molecule has 0 bridgehead atoms. The van der Waals surface area contributed by atoms with Gasteiger partial charge >= 0.3 is 0 Å². The third-order valence-electron chi connectivity index (χ3n) is 4.52. The lowest BCUT2D eigenvalue weighted by molar-refractivity contribution is 0.0224. The lowest BCUT2D eigenvalue weighted by Gasteiger charge is -2.17. The number of hydrogen-bond acceptors (Lipinski definition) is 5. The van der Waals surface area contributed by atoms with Crippen molar-refractivity contribution in [3.05, 3.63) is 46.6 Å². The fraction of sp³-hybridized carbons (Fsp3) is 0.350. The van der Waals surface area contributed by atoms with Crippen LogP contribution in [0.1, 0.15) is 0 Å². The zero-order valence-corrected chi connectivity index (χ0v) is 14.7. The summed E-state index contributed by atoms with van der Waals surface area (Å²) in [6.07, 6.45) is 0. The Bertz CT molecular complexity index is 995. The summed E-state index contributed by atoms with van der Waals surface area (Å²) in [6.45, 7) is 2.78. The Morgan fingerprint density at radius 2 is 1.38 bits per heavy atom. The number of aromatic nitrogens is 1. The number of pyridine rings is 1. The number of fused-ring (bicyclic) bond motifs is 3. The van der Waals surface area contributed by atoms with Crippen LogP contribution in [0.2, 0.25) is 0 Å². The molecule has 1 aliphatic heterocycles. The Kier molecular flexibility index (Phi) is 4.77. The summed E-state index contributed by atoms with van der Waals surface area (Å²) in [7, 11) is 1.95. The molecule has 1 aliphatic rings. The molecule has 0 atom stereocenters. The topological polar surface area (TPSA) is 58.9 Å². The van der Waals surface area contributed by atoms with Crippen LogP contribution < -0.4 is 14.9 Å². The van der Waals surface area contributed by atoms with Gasteiger partial charge in [-0.25, -0.2) is 0 Å². The molecule has 0 radical (unpaired) electrons. The monoisotopic (exact) mass is 355 g/mol. The van der Waals surface area contributed by atoms with Crippen molar-refractivity contribution in [2.45, 2.75) is 0 Å². The van der Waals surface area contributed by atoms with Gasteiger partial charge in [-0.2, -0.15) is 0 Å². The van der Waals surface area contributed by atoms with Gasteiger partial charge in [0.15, 0.2) is 16.9 Å². The van der Waals surface area contributed by atoms with E-state index >= 15 is 0 Å². The fourth-order valence-corrected chi connectivity index (χ4v) is 3.21. The van der Waals surface area contributed by atoms with E-state index in [1.54, 1.807) is 6.07 Å². The molecule has 0 saturated heterocycles. The summed E-state index contributed by atoms with van der Waals surface area (Å²) in [5, 5.41) is 1.30. The summed E-state index contributed by atoms with van der Waals surface area (Å²) in [6, 6.07) is 11.2. The summed E-state index contributed by atoms with van der Waals surface area (Å²) in [5.74, 6) is 1.15. The van der Waals surface area contributed by atoms with E-state index in [0.717, 1.165) is 11.0 Å². The fourth-order valence-electron chi connectivity index (χ4n) is 3.21. The average Bonchev–Trinajstić information content (AvgIpc) is 2.66. The number of aryl methyl sites for hydroxylation is 1. The maximum absolute atomic E-state index is 12.9. The average molecular weight is 355 g/mol. The van der Waals surface area contributed by atoms with Gasteiger partial charge in [-0.05, 0) is 18.2 Å². The molecule has 0 unspecified atom stereocenters. The zero-order chi connectivity index (χ0) is 17.9. The lowest BCUT2D eigenvalue weighted by Crippen LogP contribution is -2.16. The van der Waals surface area contributed by atoms with Crippen LogP contribution >= 0.6 is 0 Å². The number of ether oxygens (including phenoxy) is 4. The molecule has 0 amide bonds. The third-order valence-corrected chi connectivity index (χ3v) is 4.52. The van der Waals surface area contributed by atoms with Crippen molar-refractivity contribution in [1.29, 1.82) is 0 Å². The van der Waals surface area contributed by atoms with Crippen molar-refractivity contribution in [2.24, 2.45) is 7.05 Å². The Labute approximate surface area is 150 Å². The van der Waals surface area contributed by atoms with Gasteiger partial charge in [-0.1, -0.05) is 12.1 Å². The number of benzene rings is 2. The van der Waals surface area contributed by atoms with E-state index in [1.165, 1.54) is 0 Å². The molecule has 6 nitrogen and oxygen atoms in total. The molecule has 0 aliphatic carbocycles. The predicted octanol–water partition coefficient (Wildman–Crippen LogP) is 2.50. The minimum Gasteiger partial charge on any atom is -0.487 e. The Balaban J connectivity index is 1.87. The summed E-state index contributed by atoms with van der Waals surface area (Å²) < 4.78 is 24.6. The van der Waals surface area contributed by atoms with Crippen molar-refractivity contribution in [2.75, 3.05) is 39.6 Å². The van der Waals surface area contributed by atoms with Crippen LogP contribution in [0.25, 0.3) is 21.8 Å². The largest absolute Gasteiger partial charge is 0.487 e. The lowest BCUT2D eigenvalue weighted by atomic mass is 10.1. The van der Waals surface area contributed by atoms with Crippen LogP contribution in [0.3, 0.4) is 0 Å². The Morgan fingerprint density at radius 3 is 2.12 bits per heavy atom. The van der Waals surface area contributed by atoms with Crippen molar-refractivity contribution in [1.82, 2.24) is 4.57 Å². The van der Waals surface area contributed by atoms with E-state index in [1.807, 2.05) is 41.9 Å². The molecule has 0 fully saturated rings. The van der Waals surface area contributed by atoms with Gasteiger partial charge < -0.3 is 23.5 Å². The minimum atomic E-state index is -0.00852. The van der Waals surface area contributed by atoms with Crippen molar-refractivity contribution in [3.8, 4) is 11.5 Å². The van der Waals surface area contributed by atoms with Crippen LogP contribution in [0.5, 0.6) is 11.5 Å². The van der Waals surface area contributed by atoms with Crippen molar-refractivity contribution >= 4 is 21.8 Å². The van der Waals surface area contributed by atoms with Gasteiger partial charge in [0.25, 0.3) is 0 Å². The predicted molar refractivity (Wildman–Crippen MR) is 99.3 cm³/mol. The highest BCUT2D eigenvalue weighted by atomic mass is 16.6. The van der Waals surface area contributed by atoms with Gasteiger partial charge in [0.05, 0.1) is 42.8 Å². The van der Waals surface area contributed by atoms with Crippen molar-refractivity contribution < 1.29 is 18.9 Å². The quantitative estimate of drug-likeness (QED) is 0.580. The van der Waals surface area contributed by atoms with E-state index in [4.69, 9.17) is 18.9 Å². The van der Waals surface area contributed by atoms with Gasteiger partial charge in [0.1, 0.15) is 13.2 Å². The highest BCUT2D eigenvalue weighted by molar-refractivity contribution is 5.94. The molecule has 6 heteroatoms. The molecule has 26 heavy (non-hydrogen) atoms. The normalized spacial score (nSPS) is 16.2. The summed E-state index contributed by atoms with van der Waals surface area (Å²) in [5.41, 5.74) is 1.68. The first-order chi connectivity index (χ1) is 12.8. The maximum atomic E-state index is 12.9. The van der Waals surface area contributed by atoms with E-state index in [2.05, 4.69) is 0 Å². The standard InChI is InChI=1S/C20H21NO5/c1-21-16-5-3-2-4-14(16)20(22)15-12-18-19(13-17(15)21)26-11-9-24-7-6-23-8-10-25-18/h2-5,12-13H,6-11H2,1H3. The molecule has 0 saturated carbocycles. The smallest absolute Gasteiger partial charge is 0.197 e. The maximum Gasteiger partial charge on any atom is 0.197 e. The van der Waals surface area contributed by atoms with Crippen LogP contribution in [-0.4, -0.2) is 44.2 Å². The van der Waals surface area contributed by atoms with Gasteiger partial charge in [-0.15, -0.1) is 0 Å². The number of hydrogen-bond donors (Lipinski definition) is 0. The first-order valence-corrected chi connectivity index (χ1v) is 8.72. The molecule has 0 N–H and O–H groups in total. The van der Waals surface area contributed by atoms with Gasteiger partial charge in [0.2, 0.25) is 0 Å². The van der Waals surface area contributed by atoms with Gasteiger partial charge in [0, 0.05) is 18.5 Å². The number of para-hydroxylation sites is 1. The first-order valence-electron chi connectivity index (χ1n) is 8.72. The molecule has 136 valence electrons. The molecular weight excluding hydrogens is 334 g/mol. The van der Waals surface area contributed by atoms with E-state index in [9.17, 15) is 4.79 Å². The summed E-state index contributed by atoms with van der Waals surface area (Å²) in [4.78, 5) is 12.9. The molecule has 3 aromatic rings. The highest BCUT2D eigenvalue weighted by Gasteiger charge is 2.15. The SMILES string of the molecule is Cn1c2ccccc2c(=O)c2cc3c(cc21)OCCOCCOCCO3. The zero-order valence-electron chi connectivity index (χ0n) is 14.7. The van der Waals surface area contributed by atoms with Crippen LogP contribution in [0, 0.1) is 0 Å². The highest BCUT2D eigenvalue weighted by Crippen LogP contribution is 2.32. The van der Waals surface area contributed by atoms with E-state index < -0.39 is 0 Å².